The Morgan fingerprint density at radius 3 is 1.61 bits per heavy atom. The van der Waals surface area contributed by atoms with Gasteiger partial charge in [0.1, 0.15) is 0 Å². The summed E-state index contributed by atoms with van der Waals surface area (Å²) in [7, 11) is -7.04. The Labute approximate surface area is 201 Å². The Kier molecular flexibility index (Phi) is 14.7. The molecule has 1 unspecified atom stereocenters. The van der Waals surface area contributed by atoms with Crippen molar-refractivity contribution in [2.45, 2.75) is 136 Å². The van der Waals surface area contributed by atoms with Crippen molar-refractivity contribution in [3.63, 3.8) is 0 Å². The molecular weight excluding hydrogens is 441 g/mol. The van der Waals surface area contributed by atoms with E-state index in [1.807, 2.05) is 13.8 Å². The molecule has 0 saturated heterocycles. The summed E-state index contributed by atoms with van der Waals surface area (Å²) in [5.74, 6) is -0.109. The van der Waals surface area contributed by atoms with Crippen LogP contribution in [0.5, 0.6) is 5.75 Å². The van der Waals surface area contributed by atoms with Crippen molar-refractivity contribution < 1.29 is 22.7 Å². The topological polar surface area (TPSA) is 49.7 Å². The molecule has 0 aromatic heterocycles. The molecule has 0 aliphatic heterocycles. The van der Waals surface area contributed by atoms with Gasteiger partial charge in [0.2, 0.25) is 0 Å². The molecule has 1 atom stereocenters. The number of aryl methyl sites for hydroxylation is 1. The van der Waals surface area contributed by atoms with Crippen molar-refractivity contribution in [1.29, 1.82) is 0 Å². The van der Waals surface area contributed by atoms with Crippen molar-refractivity contribution in [3.05, 3.63) is 29.3 Å². The van der Waals surface area contributed by atoms with Crippen LogP contribution >= 0.6 is 7.91 Å². The monoisotopic (exact) mass is 490 g/mol. The molecule has 0 fully saturated rings. The summed E-state index contributed by atoms with van der Waals surface area (Å²) in [5, 5.41) is 0. The van der Waals surface area contributed by atoms with E-state index in [0.29, 0.717) is 5.56 Å². The molecule has 6 heteroatoms. The van der Waals surface area contributed by atoms with Crippen molar-refractivity contribution in [1.82, 2.24) is 0 Å². The van der Waals surface area contributed by atoms with Crippen molar-refractivity contribution in [2.24, 2.45) is 0 Å². The van der Waals surface area contributed by atoms with Gasteiger partial charge in [0.15, 0.2) is 0 Å². The molecule has 0 amide bonds. The fourth-order valence-corrected chi connectivity index (χ4v) is 4.94. The predicted molar refractivity (Wildman–Crippen MR) is 138 cm³/mol. The van der Waals surface area contributed by atoms with Gasteiger partial charge in [0.05, 0.1) is 0 Å². The molecule has 0 spiro atoms. The average molecular weight is 491 g/mol. The normalized spacial score (nSPS) is 14.1. The van der Waals surface area contributed by atoms with Gasteiger partial charge in [-0.25, -0.2) is 0 Å². The van der Waals surface area contributed by atoms with Crippen LogP contribution in [-0.2, 0) is 0 Å². The molecule has 1 rings (SSSR count). The molecule has 0 saturated carbocycles. The maximum atomic E-state index is 13.3. The summed E-state index contributed by atoms with van der Waals surface area (Å²) in [6.45, 7) is 6.13. The Hall–Kier alpha value is -0.770. The van der Waals surface area contributed by atoms with Crippen LogP contribution in [0.15, 0.2) is 18.2 Å². The number of rotatable bonds is 20. The Morgan fingerprint density at radius 1 is 0.758 bits per heavy atom. The van der Waals surface area contributed by atoms with E-state index in [1.54, 1.807) is 12.1 Å². The summed E-state index contributed by atoms with van der Waals surface area (Å²) in [5.41, 5.74) is 1.55. The van der Waals surface area contributed by atoms with E-state index in [0.717, 1.165) is 24.8 Å². The first-order valence-corrected chi connectivity index (χ1v) is 15.2. The molecule has 0 radical (unpaired) electrons. The van der Waals surface area contributed by atoms with Crippen LogP contribution < -0.4 is 4.52 Å². The molecule has 0 heterocycles. The maximum absolute atomic E-state index is 13.3. The van der Waals surface area contributed by atoms with Gasteiger partial charge in [-0.05, 0) is 0 Å². The fraction of sp³-hybridized carbons (Fsp3) is 0.778. The molecule has 2 N–H and O–H groups in total. The van der Waals surface area contributed by atoms with Crippen LogP contribution in [-0.4, -0.2) is 9.79 Å². The molecule has 0 aliphatic rings. The van der Waals surface area contributed by atoms with Gasteiger partial charge in [0, 0.05) is 0 Å². The van der Waals surface area contributed by atoms with Crippen molar-refractivity contribution >= 4 is 7.91 Å². The Balaban J connectivity index is 2.10. The Bertz CT molecular complexity index is 637. The van der Waals surface area contributed by atoms with Crippen LogP contribution in [0.25, 0.3) is 0 Å². The van der Waals surface area contributed by atoms with E-state index in [1.165, 1.54) is 96.0 Å². The van der Waals surface area contributed by atoms with Crippen LogP contribution in [0.3, 0.4) is 0 Å². The number of unbranched alkanes of at least 4 members (excludes halogenated alkanes) is 15. The van der Waals surface area contributed by atoms with E-state index < -0.39 is 7.91 Å². The third kappa shape index (κ3) is 16.5. The molecule has 33 heavy (non-hydrogen) atoms. The minimum atomic E-state index is -7.04. The molecule has 1 aromatic rings. The van der Waals surface area contributed by atoms with Gasteiger partial charge >= 0.3 is 137 Å². The zero-order valence-electron chi connectivity index (χ0n) is 21.3. The van der Waals surface area contributed by atoms with Crippen molar-refractivity contribution in [2.75, 3.05) is 0 Å². The third-order valence-electron chi connectivity index (χ3n) is 6.44. The first-order valence-electron chi connectivity index (χ1n) is 13.3. The van der Waals surface area contributed by atoms with E-state index in [4.69, 9.17) is 9.79 Å². The number of halogens is 2. The van der Waals surface area contributed by atoms with Crippen LogP contribution in [0.1, 0.15) is 140 Å². The third-order valence-corrected chi connectivity index (χ3v) is 6.93. The Morgan fingerprint density at radius 2 is 1.18 bits per heavy atom. The van der Waals surface area contributed by atoms with Gasteiger partial charge in [-0.2, -0.15) is 0 Å². The number of hydrogen-bond acceptors (Lipinski definition) is 3. The van der Waals surface area contributed by atoms with Gasteiger partial charge in [-0.15, -0.1) is 0 Å². The minimum absolute atomic E-state index is 0.0186. The summed E-state index contributed by atoms with van der Waals surface area (Å²) in [4.78, 5) is 17.7. The second-order valence-electron chi connectivity index (χ2n) is 9.88. The van der Waals surface area contributed by atoms with Gasteiger partial charge in [-0.3, -0.25) is 0 Å². The summed E-state index contributed by atoms with van der Waals surface area (Å²) in [6.07, 6.45) is 22.0. The molecule has 194 valence electrons. The molecule has 0 bridgehead atoms. The summed E-state index contributed by atoms with van der Waals surface area (Å²) in [6, 6.07) is 4.85. The van der Waals surface area contributed by atoms with E-state index in [9.17, 15) is 8.39 Å². The van der Waals surface area contributed by atoms with Crippen LogP contribution in [0.2, 0.25) is 0 Å². The fourth-order valence-electron chi connectivity index (χ4n) is 4.45. The van der Waals surface area contributed by atoms with Gasteiger partial charge in [-0.1, -0.05) is 64.7 Å². The standard InChI is InChI=1S/C27H49F2O3P/c1-4-5-6-7-8-9-10-11-12-13-14-15-16-17-18-19-20-25(3)26-23-24(2)21-22-27(26)32-33(28,29,30)31/h21-23,25,30-31H,4-20H2,1-3H3. The second kappa shape index (κ2) is 16.0. The zero-order valence-corrected chi connectivity index (χ0v) is 22.2. The van der Waals surface area contributed by atoms with Crippen LogP contribution in [0, 0.1) is 6.92 Å². The van der Waals surface area contributed by atoms with Crippen LogP contribution in [0.4, 0.5) is 8.39 Å². The molecule has 1 aromatic carbocycles. The van der Waals surface area contributed by atoms with E-state index in [-0.39, 0.29) is 11.7 Å². The van der Waals surface area contributed by atoms with Crippen molar-refractivity contribution in [3.8, 4) is 5.75 Å². The first-order chi connectivity index (χ1) is 15.6. The quantitative estimate of drug-likeness (QED) is 0.141. The zero-order chi connectivity index (χ0) is 24.6. The van der Waals surface area contributed by atoms with Gasteiger partial charge < -0.3 is 0 Å². The summed E-state index contributed by atoms with van der Waals surface area (Å²) >= 11 is 0. The molecule has 3 nitrogen and oxygen atoms in total. The molecular formula is C27H49F2O3P. The summed E-state index contributed by atoms with van der Waals surface area (Å²) < 4.78 is 30.9. The van der Waals surface area contributed by atoms with Gasteiger partial charge in [0.25, 0.3) is 0 Å². The number of hydrogen-bond donors (Lipinski definition) is 2. The van der Waals surface area contributed by atoms with E-state index >= 15 is 0 Å². The first kappa shape index (κ1) is 30.3. The molecule has 0 aliphatic carbocycles. The number of benzene rings is 1. The van der Waals surface area contributed by atoms with E-state index in [2.05, 4.69) is 11.4 Å². The predicted octanol–water partition coefficient (Wildman–Crippen LogP) is 10.2. The SMILES string of the molecule is CCCCCCCCCCCCCCCCCCC(C)c1cc(C)ccc1OP(O)(O)(F)F. The average Bonchev–Trinajstić information content (AvgIpc) is 2.73. The second-order valence-corrected chi connectivity index (χ2v) is 11.6.